The van der Waals surface area contributed by atoms with Crippen molar-refractivity contribution in [2.45, 2.75) is 45.1 Å². The van der Waals surface area contributed by atoms with E-state index in [1.54, 1.807) is 17.2 Å². The van der Waals surface area contributed by atoms with Crippen LogP contribution in [0.4, 0.5) is 5.69 Å². The molecule has 5 heteroatoms. The molecule has 0 bridgehead atoms. The second kappa shape index (κ2) is 6.03. The number of nitrogens with one attached hydrogen (secondary N) is 1. The highest BCUT2D eigenvalue weighted by molar-refractivity contribution is 5.56. The van der Waals surface area contributed by atoms with Gasteiger partial charge in [0.15, 0.2) is 5.82 Å². The lowest BCUT2D eigenvalue weighted by Crippen LogP contribution is -2.26. The van der Waals surface area contributed by atoms with Crippen molar-refractivity contribution < 1.29 is 0 Å². The Balaban J connectivity index is 1.72. The number of nitrogens with zero attached hydrogens (tertiary/aromatic N) is 4. The maximum atomic E-state index is 4.42. The van der Waals surface area contributed by atoms with Crippen LogP contribution in [-0.2, 0) is 0 Å². The fraction of sp³-hybridized carbons (Fsp3) is 0.533. The highest BCUT2D eigenvalue weighted by atomic mass is 15.3. The molecule has 2 aromatic heterocycles. The number of pyridine rings is 1. The Morgan fingerprint density at radius 1 is 1.30 bits per heavy atom. The summed E-state index contributed by atoms with van der Waals surface area (Å²) < 4.78 is 1.71. The number of hydrogen-bond acceptors (Lipinski definition) is 4. The van der Waals surface area contributed by atoms with Crippen molar-refractivity contribution in [1.29, 1.82) is 0 Å². The molecule has 2 aromatic rings. The highest BCUT2D eigenvalue weighted by Gasteiger charge is 2.20. The quantitative estimate of drug-likeness (QED) is 0.928. The minimum Gasteiger partial charge on any atom is -0.379 e. The van der Waals surface area contributed by atoms with Gasteiger partial charge in [0.05, 0.1) is 5.69 Å². The fourth-order valence-electron chi connectivity index (χ4n) is 2.94. The molecule has 0 saturated heterocycles. The van der Waals surface area contributed by atoms with Crippen LogP contribution in [0, 0.1) is 5.92 Å². The van der Waals surface area contributed by atoms with Crippen molar-refractivity contribution in [3.63, 3.8) is 0 Å². The summed E-state index contributed by atoms with van der Waals surface area (Å²) in [5.74, 6) is 1.74. The van der Waals surface area contributed by atoms with Gasteiger partial charge in [-0.2, -0.15) is 5.10 Å². The van der Waals surface area contributed by atoms with E-state index in [0.717, 1.165) is 17.4 Å². The van der Waals surface area contributed by atoms with Crippen LogP contribution in [0.5, 0.6) is 0 Å². The van der Waals surface area contributed by atoms with Crippen LogP contribution in [0.1, 0.15) is 39.0 Å². The molecule has 0 aromatic carbocycles. The SMILES string of the molecule is CCC1CCC(Nc2cccnc2-n2cncn2)CC1. The van der Waals surface area contributed by atoms with Crippen LogP contribution in [0.2, 0.25) is 0 Å². The van der Waals surface area contributed by atoms with Gasteiger partial charge in [0.25, 0.3) is 0 Å². The summed E-state index contributed by atoms with van der Waals surface area (Å²) in [6, 6.07) is 4.57. The molecule has 0 atom stereocenters. The molecule has 3 rings (SSSR count). The minimum absolute atomic E-state index is 0.546. The number of rotatable bonds is 4. The average Bonchev–Trinajstić information content (AvgIpc) is 3.03. The first kappa shape index (κ1) is 13.1. The van der Waals surface area contributed by atoms with Crippen LogP contribution >= 0.6 is 0 Å². The molecule has 0 aliphatic heterocycles. The average molecular weight is 271 g/mol. The number of hydrogen-bond donors (Lipinski definition) is 1. The number of anilines is 1. The number of aromatic nitrogens is 4. The van der Waals surface area contributed by atoms with Crippen molar-refractivity contribution >= 4 is 5.69 Å². The molecule has 1 fully saturated rings. The Hall–Kier alpha value is -1.91. The first-order chi connectivity index (χ1) is 9.86. The van der Waals surface area contributed by atoms with Gasteiger partial charge in [-0.05, 0) is 43.7 Å². The summed E-state index contributed by atoms with van der Waals surface area (Å²) in [5, 5.41) is 7.80. The lowest BCUT2D eigenvalue weighted by Gasteiger charge is -2.29. The maximum Gasteiger partial charge on any atom is 0.178 e. The molecule has 1 aliphatic carbocycles. The zero-order chi connectivity index (χ0) is 13.8. The monoisotopic (exact) mass is 271 g/mol. The second-order valence-corrected chi connectivity index (χ2v) is 5.48. The molecule has 20 heavy (non-hydrogen) atoms. The van der Waals surface area contributed by atoms with Crippen LogP contribution in [0.3, 0.4) is 0 Å². The summed E-state index contributed by atoms with van der Waals surface area (Å²) >= 11 is 0. The van der Waals surface area contributed by atoms with E-state index in [-0.39, 0.29) is 0 Å². The van der Waals surface area contributed by atoms with E-state index in [1.807, 2.05) is 6.07 Å². The van der Waals surface area contributed by atoms with Gasteiger partial charge in [-0.3, -0.25) is 0 Å². The van der Waals surface area contributed by atoms with E-state index >= 15 is 0 Å². The van der Waals surface area contributed by atoms with Gasteiger partial charge in [0.2, 0.25) is 0 Å². The maximum absolute atomic E-state index is 4.42. The van der Waals surface area contributed by atoms with E-state index in [1.165, 1.54) is 38.4 Å². The van der Waals surface area contributed by atoms with Crippen LogP contribution < -0.4 is 5.32 Å². The summed E-state index contributed by atoms with van der Waals surface area (Å²) in [4.78, 5) is 8.41. The van der Waals surface area contributed by atoms with Gasteiger partial charge < -0.3 is 5.32 Å². The molecule has 2 heterocycles. The fourth-order valence-corrected chi connectivity index (χ4v) is 2.94. The lowest BCUT2D eigenvalue weighted by atomic mass is 9.84. The van der Waals surface area contributed by atoms with E-state index in [9.17, 15) is 0 Å². The van der Waals surface area contributed by atoms with Crippen molar-refractivity contribution in [3.05, 3.63) is 31.0 Å². The van der Waals surface area contributed by atoms with Crippen molar-refractivity contribution in [3.8, 4) is 5.82 Å². The molecule has 1 N–H and O–H groups in total. The molecule has 1 aliphatic rings. The molecule has 0 amide bonds. The summed E-state index contributed by atoms with van der Waals surface area (Å²) in [6.07, 6.45) is 11.4. The molecule has 106 valence electrons. The predicted molar refractivity (Wildman–Crippen MR) is 78.8 cm³/mol. The topological polar surface area (TPSA) is 55.6 Å². The van der Waals surface area contributed by atoms with Crippen molar-refractivity contribution in [2.24, 2.45) is 5.92 Å². The lowest BCUT2D eigenvalue weighted by molar-refractivity contribution is 0.330. The van der Waals surface area contributed by atoms with E-state index in [2.05, 4.69) is 33.4 Å². The van der Waals surface area contributed by atoms with Crippen LogP contribution in [0.15, 0.2) is 31.0 Å². The van der Waals surface area contributed by atoms with Gasteiger partial charge in [-0.25, -0.2) is 14.6 Å². The standard InChI is InChI=1S/C15H21N5/c1-2-12-5-7-13(8-6-12)19-14-4-3-9-17-15(14)20-11-16-10-18-20/h3-4,9-13,19H,2,5-8H2,1H3. The first-order valence-corrected chi connectivity index (χ1v) is 7.43. The third kappa shape index (κ3) is 2.81. The Kier molecular flexibility index (Phi) is 3.95. The Bertz CT molecular complexity index is 529. The van der Waals surface area contributed by atoms with Gasteiger partial charge in [0, 0.05) is 12.2 Å². The van der Waals surface area contributed by atoms with Gasteiger partial charge >= 0.3 is 0 Å². The molecule has 0 spiro atoms. The Morgan fingerprint density at radius 2 is 2.15 bits per heavy atom. The molecule has 1 saturated carbocycles. The Morgan fingerprint density at radius 3 is 2.85 bits per heavy atom. The van der Waals surface area contributed by atoms with Gasteiger partial charge in [-0.15, -0.1) is 0 Å². The normalized spacial score (nSPS) is 22.6. The first-order valence-electron chi connectivity index (χ1n) is 7.43. The van der Waals surface area contributed by atoms with Crippen molar-refractivity contribution in [2.75, 3.05) is 5.32 Å². The third-order valence-corrected chi connectivity index (χ3v) is 4.21. The molecule has 0 radical (unpaired) electrons. The van der Waals surface area contributed by atoms with Gasteiger partial charge in [0.1, 0.15) is 12.7 Å². The summed E-state index contributed by atoms with van der Waals surface area (Å²) in [6.45, 7) is 2.29. The molecular formula is C15H21N5. The van der Waals surface area contributed by atoms with Gasteiger partial charge in [-0.1, -0.05) is 13.3 Å². The predicted octanol–water partition coefficient (Wildman–Crippen LogP) is 3.04. The van der Waals surface area contributed by atoms with Crippen LogP contribution in [-0.4, -0.2) is 25.8 Å². The zero-order valence-electron chi connectivity index (χ0n) is 11.9. The molecular weight excluding hydrogens is 250 g/mol. The summed E-state index contributed by atoms with van der Waals surface area (Å²) in [7, 11) is 0. The second-order valence-electron chi connectivity index (χ2n) is 5.48. The highest BCUT2D eigenvalue weighted by Crippen LogP contribution is 2.29. The summed E-state index contributed by atoms with van der Waals surface area (Å²) in [5.41, 5.74) is 1.04. The molecule has 0 unspecified atom stereocenters. The largest absolute Gasteiger partial charge is 0.379 e. The minimum atomic E-state index is 0.546. The zero-order valence-corrected chi connectivity index (χ0v) is 11.9. The van der Waals surface area contributed by atoms with E-state index < -0.39 is 0 Å². The third-order valence-electron chi connectivity index (χ3n) is 4.21. The van der Waals surface area contributed by atoms with E-state index in [0.29, 0.717) is 6.04 Å². The van der Waals surface area contributed by atoms with Crippen LogP contribution in [0.25, 0.3) is 5.82 Å². The Labute approximate surface area is 119 Å². The molecule has 5 nitrogen and oxygen atoms in total. The smallest absolute Gasteiger partial charge is 0.178 e. The van der Waals surface area contributed by atoms with E-state index in [4.69, 9.17) is 0 Å². The van der Waals surface area contributed by atoms with Crippen molar-refractivity contribution in [1.82, 2.24) is 19.7 Å².